The van der Waals surface area contributed by atoms with Gasteiger partial charge >= 0.3 is 6.18 Å². The van der Waals surface area contributed by atoms with Gasteiger partial charge in [0.05, 0.1) is 5.56 Å². The third kappa shape index (κ3) is 4.84. The number of alkyl halides is 3. The lowest BCUT2D eigenvalue weighted by molar-refractivity contribution is -0.137. The number of carbonyl (C=O) groups is 2. The number of benzene rings is 1. The summed E-state index contributed by atoms with van der Waals surface area (Å²) < 4.78 is 38.3. The van der Waals surface area contributed by atoms with Crippen molar-refractivity contribution in [3.63, 3.8) is 0 Å². The summed E-state index contributed by atoms with van der Waals surface area (Å²) in [6.45, 7) is 0. The molecular weight excluding hydrogens is 359 g/mol. The summed E-state index contributed by atoms with van der Waals surface area (Å²) in [5, 5.41) is 5.29. The molecule has 5 nitrogen and oxygen atoms in total. The van der Waals surface area contributed by atoms with E-state index in [0.29, 0.717) is 0 Å². The summed E-state index contributed by atoms with van der Waals surface area (Å²) in [4.78, 5) is 28.6. The third-order valence-electron chi connectivity index (χ3n) is 4.39. The first kappa shape index (κ1) is 18.9. The summed E-state index contributed by atoms with van der Waals surface area (Å²) in [5.74, 6) is -0.984. The standard InChI is InChI=1S/C19H18F3N3O2/c20-19(21,22)13-4-3-7-15(11-13)25-17(26)12-8-9-23-16(10-12)18(27)24-14-5-1-2-6-14/h3-4,7-11,14H,1-2,5-6H2,(H,24,27)(H,25,26). The van der Waals surface area contributed by atoms with E-state index in [4.69, 9.17) is 0 Å². The van der Waals surface area contributed by atoms with E-state index < -0.39 is 17.6 Å². The van der Waals surface area contributed by atoms with Gasteiger partial charge in [0.1, 0.15) is 5.69 Å². The first-order valence-corrected chi connectivity index (χ1v) is 8.58. The molecule has 1 heterocycles. The van der Waals surface area contributed by atoms with E-state index in [-0.39, 0.29) is 28.9 Å². The molecule has 1 aliphatic rings. The fourth-order valence-corrected chi connectivity index (χ4v) is 3.00. The summed E-state index contributed by atoms with van der Waals surface area (Å²) >= 11 is 0. The number of halogens is 3. The molecule has 1 aromatic heterocycles. The van der Waals surface area contributed by atoms with E-state index in [9.17, 15) is 22.8 Å². The molecule has 0 unspecified atom stereocenters. The second kappa shape index (κ2) is 7.77. The number of anilines is 1. The molecule has 0 aliphatic heterocycles. The van der Waals surface area contributed by atoms with Crippen molar-refractivity contribution in [2.45, 2.75) is 37.9 Å². The SMILES string of the molecule is O=C(Nc1cccc(C(F)(F)F)c1)c1ccnc(C(=O)NC2CCCC2)c1. The van der Waals surface area contributed by atoms with Gasteiger partial charge in [-0.2, -0.15) is 13.2 Å². The third-order valence-corrected chi connectivity index (χ3v) is 4.39. The Labute approximate surface area is 154 Å². The van der Waals surface area contributed by atoms with Crippen LogP contribution in [-0.4, -0.2) is 22.8 Å². The molecule has 2 N–H and O–H groups in total. The van der Waals surface area contributed by atoms with Crippen LogP contribution in [0.5, 0.6) is 0 Å². The lowest BCUT2D eigenvalue weighted by Crippen LogP contribution is -2.33. The number of hydrogen-bond donors (Lipinski definition) is 2. The summed E-state index contributed by atoms with van der Waals surface area (Å²) in [6, 6.07) is 7.19. The summed E-state index contributed by atoms with van der Waals surface area (Å²) in [7, 11) is 0. The Morgan fingerprint density at radius 1 is 1.04 bits per heavy atom. The molecular formula is C19H18F3N3O2. The van der Waals surface area contributed by atoms with E-state index in [1.54, 1.807) is 0 Å². The molecule has 27 heavy (non-hydrogen) atoms. The van der Waals surface area contributed by atoms with E-state index in [1.165, 1.54) is 30.5 Å². The molecule has 2 amide bonds. The monoisotopic (exact) mass is 377 g/mol. The molecule has 3 rings (SSSR count). The predicted octanol–water partition coefficient (Wildman–Crippen LogP) is 4.03. The zero-order valence-corrected chi connectivity index (χ0v) is 14.3. The number of pyridine rings is 1. The van der Waals surface area contributed by atoms with E-state index in [1.807, 2.05) is 0 Å². The smallest absolute Gasteiger partial charge is 0.348 e. The maximum absolute atomic E-state index is 12.8. The minimum absolute atomic E-state index is 0.0172. The Hall–Kier alpha value is -2.90. The summed E-state index contributed by atoms with van der Waals surface area (Å²) in [6.07, 6.45) is 0.798. The molecule has 1 fully saturated rings. The van der Waals surface area contributed by atoms with Crippen LogP contribution in [0.1, 0.15) is 52.1 Å². The van der Waals surface area contributed by atoms with Crippen LogP contribution in [0.25, 0.3) is 0 Å². The van der Waals surface area contributed by atoms with Gasteiger partial charge in [0.25, 0.3) is 11.8 Å². The molecule has 1 aromatic carbocycles. The molecule has 142 valence electrons. The van der Waals surface area contributed by atoms with Crippen LogP contribution in [0.3, 0.4) is 0 Å². The molecule has 1 aliphatic carbocycles. The Morgan fingerprint density at radius 2 is 1.78 bits per heavy atom. The average Bonchev–Trinajstić information content (AvgIpc) is 3.14. The topological polar surface area (TPSA) is 71.1 Å². The lowest BCUT2D eigenvalue weighted by Gasteiger charge is -2.12. The van der Waals surface area contributed by atoms with Crippen LogP contribution >= 0.6 is 0 Å². The number of amides is 2. The molecule has 0 atom stereocenters. The van der Waals surface area contributed by atoms with Crippen LogP contribution in [0, 0.1) is 0 Å². The first-order chi connectivity index (χ1) is 12.8. The minimum atomic E-state index is -4.50. The van der Waals surface area contributed by atoms with Crippen molar-refractivity contribution < 1.29 is 22.8 Å². The Morgan fingerprint density at radius 3 is 2.48 bits per heavy atom. The number of hydrogen-bond acceptors (Lipinski definition) is 3. The van der Waals surface area contributed by atoms with Gasteiger partial charge in [-0.1, -0.05) is 18.9 Å². The van der Waals surface area contributed by atoms with Crippen LogP contribution < -0.4 is 10.6 Å². The van der Waals surface area contributed by atoms with Gasteiger partial charge < -0.3 is 10.6 Å². The quantitative estimate of drug-likeness (QED) is 0.845. The molecule has 0 radical (unpaired) electrons. The van der Waals surface area contributed by atoms with Crippen molar-refractivity contribution >= 4 is 17.5 Å². The van der Waals surface area contributed by atoms with E-state index >= 15 is 0 Å². The lowest BCUT2D eigenvalue weighted by atomic mass is 10.1. The highest BCUT2D eigenvalue weighted by Gasteiger charge is 2.30. The van der Waals surface area contributed by atoms with Gasteiger partial charge in [0.15, 0.2) is 0 Å². The fourth-order valence-electron chi connectivity index (χ4n) is 3.00. The first-order valence-electron chi connectivity index (χ1n) is 8.58. The number of nitrogens with zero attached hydrogens (tertiary/aromatic N) is 1. The number of rotatable bonds is 4. The molecule has 0 bridgehead atoms. The zero-order valence-electron chi connectivity index (χ0n) is 14.3. The minimum Gasteiger partial charge on any atom is -0.348 e. The molecule has 8 heteroatoms. The average molecular weight is 377 g/mol. The molecule has 1 saturated carbocycles. The van der Waals surface area contributed by atoms with Crippen molar-refractivity contribution in [1.29, 1.82) is 0 Å². The van der Waals surface area contributed by atoms with Crippen molar-refractivity contribution in [2.75, 3.05) is 5.32 Å². The van der Waals surface area contributed by atoms with Gasteiger partial charge in [-0.05, 0) is 43.2 Å². The van der Waals surface area contributed by atoms with Crippen LogP contribution in [0.15, 0.2) is 42.6 Å². The summed E-state index contributed by atoms with van der Waals surface area (Å²) in [5.41, 5.74) is -0.604. The molecule has 0 saturated heterocycles. The maximum atomic E-state index is 12.8. The van der Waals surface area contributed by atoms with Crippen molar-refractivity contribution in [3.8, 4) is 0 Å². The normalized spacial score (nSPS) is 14.8. The largest absolute Gasteiger partial charge is 0.416 e. The van der Waals surface area contributed by atoms with Gasteiger partial charge in [0, 0.05) is 23.5 Å². The second-order valence-corrected chi connectivity index (χ2v) is 6.42. The van der Waals surface area contributed by atoms with E-state index in [0.717, 1.165) is 37.8 Å². The number of nitrogens with one attached hydrogen (secondary N) is 2. The Balaban J connectivity index is 1.71. The van der Waals surface area contributed by atoms with Crippen molar-refractivity contribution in [3.05, 3.63) is 59.4 Å². The Kier molecular flexibility index (Phi) is 5.43. The maximum Gasteiger partial charge on any atom is 0.416 e. The van der Waals surface area contributed by atoms with Crippen molar-refractivity contribution in [2.24, 2.45) is 0 Å². The zero-order chi connectivity index (χ0) is 19.4. The van der Waals surface area contributed by atoms with Crippen LogP contribution in [-0.2, 0) is 6.18 Å². The number of aromatic nitrogens is 1. The highest BCUT2D eigenvalue weighted by atomic mass is 19.4. The van der Waals surface area contributed by atoms with Crippen molar-refractivity contribution in [1.82, 2.24) is 10.3 Å². The van der Waals surface area contributed by atoms with E-state index in [2.05, 4.69) is 15.6 Å². The van der Waals surface area contributed by atoms with Crippen LogP contribution in [0.2, 0.25) is 0 Å². The van der Waals surface area contributed by atoms with Gasteiger partial charge in [-0.3, -0.25) is 14.6 Å². The highest BCUT2D eigenvalue weighted by Crippen LogP contribution is 2.30. The van der Waals surface area contributed by atoms with Gasteiger partial charge in [0.2, 0.25) is 0 Å². The van der Waals surface area contributed by atoms with Gasteiger partial charge in [-0.15, -0.1) is 0 Å². The second-order valence-electron chi connectivity index (χ2n) is 6.42. The predicted molar refractivity (Wildman–Crippen MR) is 93.4 cm³/mol. The van der Waals surface area contributed by atoms with Gasteiger partial charge in [-0.25, -0.2) is 0 Å². The Bertz CT molecular complexity index is 846. The molecule has 2 aromatic rings. The highest BCUT2D eigenvalue weighted by molar-refractivity contribution is 6.05. The fraction of sp³-hybridized carbons (Fsp3) is 0.316. The van der Waals surface area contributed by atoms with Crippen LogP contribution in [0.4, 0.5) is 18.9 Å². The molecule has 0 spiro atoms. The number of carbonyl (C=O) groups excluding carboxylic acids is 2.